The molecule has 0 unspecified atom stereocenters. The van der Waals surface area contributed by atoms with Crippen LogP contribution in [-0.4, -0.2) is 35.9 Å². The second-order valence-corrected chi connectivity index (χ2v) is 6.21. The van der Waals surface area contributed by atoms with Crippen molar-refractivity contribution in [2.45, 2.75) is 51.0 Å². The highest BCUT2D eigenvalue weighted by atomic mass is 16.1. The first-order valence-corrected chi connectivity index (χ1v) is 8.30. The Labute approximate surface area is 127 Å². The van der Waals surface area contributed by atoms with Crippen molar-refractivity contribution in [2.24, 2.45) is 0 Å². The van der Waals surface area contributed by atoms with Crippen molar-refractivity contribution in [3.63, 3.8) is 0 Å². The third-order valence-corrected chi connectivity index (χ3v) is 4.77. The highest BCUT2D eigenvalue weighted by Gasteiger charge is 2.23. The molecule has 114 valence electrons. The van der Waals surface area contributed by atoms with Crippen LogP contribution in [0.4, 0.5) is 5.82 Å². The van der Waals surface area contributed by atoms with E-state index in [1.165, 1.54) is 37.7 Å². The predicted molar refractivity (Wildman–Crippen MR) is 84.3 cm³/mol. The van der Waals surface area contributed by atoms with Crippen molar-refractivity contribution >= 4 is 12.2 Å². The Kier molecular flexibility index (Phi) is 4.73. The molecule has 3 rings (SSSR count). The van der Waals surface area contributed by atoms with Crippen molar-refractivity contribution in [3.05, 3.63) is 23.9 Å². The van der Waals surface area contributed by atoms with Crippen LogP contribution in [0.3, 0.4) is 0 Å². The summed E-state index contributed by atoms with van der Waals surface area (Å²) in [5.74, 6) is 1.09. The maximum absolute atomic E-state index is 11.2. The lowest BCUT2D eigenvalue weighted by Crippen LogP contribution is -2.32. The number of rotatable bonds is 3. The molecule has 0 aromatic carbocycles. The molecule has 1 aromatic rings. The summed E-state index contributed by atoms with van der Waals surface area (Å²) < 4.78 is 0. The predicted octanol–water partition coefficient (Wildman–Crippen LogP) is 3.15. The van der Waals surface area contributed by atoms with Gasteiger partial charge in [-0.25, -0.2) is 4.98 Å². The largest absolute Gasteiger partial charge is 0.357 e. The van der Waals surface area contributed by atoms with Crippen molar-refractivity contribution in [1.29, 1.82) is 0 Å². The summed E-state index contributed by atoms with van der Waals surface area (Å²) in [7, 11) is 0. The van der Waals surface area contributed by atoms with E-state index in [4.69, 9.17) is 0 Å². The van der Waals surface area contributed by atoms with Gasteiger partial charge in [-0.3, -0.25) is 4.79 Å². The highest BCUT2D eigenvalue weighted by Crippen LogP contribution is 2.30. The van der Waals surface area contributed by atoms with E-state index in [-0.39, 0.29) is 6.04 Å². The van der Waals surface area contributed by atoms with E-state index in [2.05, 4.69) is 22.0 Å². The molecule has 0 N–H and O–H groups in total. The first-order chi connectivity index (χ1) is 10.4. The van der Waals surface area contributed by atoms with Crippen LogP contribution in [0.15, 0.2) is 18.3 Å². The number of hydrogen-bond acceptors (Lipinski definition) is 3. The average Bonchev–Trinajstić information content (AvgIpc) is 2.84. The second-order valence-electron chi connectivity index (χ2n) is 6.21. The van der Waals surface area contributed by atoms with Crippen LogP contribution in [0.25, 0.3) is 0 Å². The van der Waals surface area contributed by atoms with Gasteiger partial charge < -0.3 is 9.80 Å². The van der Waals surface area contributed by atoms with Gasteiger partial charge in [0.25, 0.3) is 0 Å². The normalized spacial score (nSPS) is 23.7. The maximum Gasteiger partial charge on any atom is 0.210 e. The quantitative estimate of drug-likeness (QED) is 0.801. The molecule has 0 bridgehead atoms. The van der Waals surface area contributed by atoms with Gasteiger partial charge in [0.1, 0.15) is 5.82 Å². The molecule has 1 aromatic heterocycles. The third-order valence-electron chi connectivity index (χ3n) is 4.77. The van der Waals surface area contributed by atoms with Crippen LogP contribution in [0.2, 0.25) is 0 Å². The number of hydrogen-bond donors (Lipinski definition) is 0. The number of anilines is 1. The summed E-state index contributed by atoms with van der Waals surface area (Å²) >= 11 is 0. The molecule has 2 fully saturated rings. The number of carbonyl (C=O) groups is 1. The fourth-order valence-electron chi connectivity index (χ4n) is 3.52. The molecule has 1 atom stereocenters. The Morgan fingerprint density at radius 1 is 1.00 bits per heavy atom. The summed E-state index contributed by atoms with van der Waals surface area (Å²) in [6, 6.07) is 4.53. The van der Waals surface area contributed by atoms with Crippen LogP contribution in [-0.2, 0) is 4.79 Å². The minimum Gasteiger partial charge on any atom is -0.357 e. The first kappa shape index (κ1) is 14.4. The first-order valence-electron chi connectivity index (χ1n) is 8.30. The third kappa shape index (κ3) is 3.36. The van der Waals surface area contributed by atoms with Gasteiger partial charge in [-0.05, 0) is 43.7 Å². The summed E-state index contributed by atoms with van der Waals surface area (Å²) in [4.78, 5) is 20.2. The molecule has 0 spiro atoms. The Hall–Kier alpha value is -1.58. The summed E-state index contributed by atoms with van der Waals surface area (Å²) in [5, 5.41) is 0. The molecule has 2 aliphatic rings. The molecule has 0 aliphatic carbocycles. The van der Waals surface area contributed by atoms with Crippen molar-refractivity contribution in [3.8, 4) is 0 Å². The lowest BCUT2D eigenvalue weighted by atomic mass is 9.97. The molecule has 0 saturated carbocycles. The second kappa shape index (κ2) is 6.92. The van der Waals surface area contributed by atoms with E-state index in [1.807, 2.05) is 11.1 Å². The molecular formula is C17H25N3O. The van der Waals surface area contributed by atoms with Crippen LogP contribution in [0.5, 0.6) is 0 Å². The van der Waals surface area contributed by atoms with Crippen LogP contribution >= 0.6 is 0 Å². The number of likely N-dealkylation sites (tertiary alicyclic amines) is 1. The Balaban J connectivity index is 1.72. The van der Waals surface area contributed by atoms with Crippen LogP contribution in [0.1, 0.15) is 56.6 Å². The highest BCUT2D eigenvalue weighted by molar-refractivity contribution is 5.49. The molecule has 4 heteroatoms. The van der Waals surface area contributed by atoms with Gasteiger partial charge in [-0.2, -0.15) is 0 Å². The number of nitrogens with zero attached hydrogens (tertiary/aromatic N) is 3. The van der Waals surface area contributed by atoms with E-state index in [0.717, 1.165) is 44.7 Å². The lowest BCUT2D eigenvalue weighted by Gasteiger charge is -2.33. The van der Waals surface area contributed by atoms with Gasteiger partial charge in [-0.15, -0.1) is 0 Å². The van der Waals surface area contributed by atoms with E-state index < -0.39 is 0 Å². The Bertz CT molecular complexity index is 452. The van der Waals surface area contributed by atoms with Gasteiger partial charge in [0, 0.05) is 25.8 Å². The zero-order valence-corrected chi connectivity index (χ0v) is 12.7. The van der Waals surface area contributed by atoms with Gasteiger partial charge in [0.05, 0.1) is 6.04 Å². The summed E-state index contributed by atoms with van der Waals surface area (Å²) in [5.41, 5.74) is 1.18. The van der Waals surface area contributed by atoms with Gasteiger partial charge in [0.2, 0.25) is 6.41 Å². The number of pyridine rings is 1. The standard InChI is InChI=1S/C17H25N3O/c21-14-20-12-6-3-7-16(20)15-8-9-17(18-13-15)19-10-4-1-2-5-11-19/h8-9,13-14,16H,1-7,10-12H2/t16-/m1/s1. The molecule has 21 heavy (non-hydrogen) atoms. The fourth-order valence-corrected chi connectivity index (χ4v) is 3.52. The van der Waals surface area contributed by atoms with Crippen molar-refractivity contribution in [2.75, 3.05) is 24.5 Å². The van der Waals surface area contributed by atoms with Gasteiger partial charge >= 0.3 is 0 Å². The molecule has 1 amide bonds. The average molecular weight is 287 g/mol. The zero-order chi connectivity index (χ0) is 14.5. The molecular weight excluding hydrogens is 262 g/mol. The summed E-state index contributed by atoms with van der Waals surface area (Å²) in [6.07, 6.45) is 11.6. The topological polar surface area (TPSA) is 36.4 Å². The summed E-state index contributed by atoms with van der Waals surface area (Å²) in [6.45, 7) is 3.12. The maximum atomic E-state index is 11.2. The fraction of sp³-hybridized carbons (Fsp3) is 0.647. The molecule has 3 heterocycles. The molecule has 2 saturated heterocycles. The van der Waals surface area contributed by atoms with E-state index in [9.17, 15) is 4.79 Å². The molecule has 0 radical (unpaired) electrons. The lowest BCUT2D eigenvalue weighted by molar-refractivity contribution is -0.121. The Morgan fingerprint density at radius 2 is 1.76 bits per heavy atom. The van der Waals surface area contributed by atoms with Crippen LogP contribution < -0.4 is 4.90 Å². The Morgan fingerprint density at radius 3 is 2.43 bits per heavy atom. The smallest absolute Gasteiger partial charge is 0.210 e. The number of carbonyl (C=O) groups excluding carboxylic acids is 1. The van der Waals surface area contributed by atoms with E-state index >= 15 is 0 Å². The minimum absolute atomic E-state index is 0.224. The van der Waals surface area contributed by atoms with Crippen LogP contribution in [0, 0.1) is 0 Å². The zero-order valence-electron chi connectivity index (χ0n) is 12.7. The minimum atomic E-state index is 0.224. The van der Waals surface area contributed by atoms with Gasteiger partial charge in [-0.1, -0.05) is 18.9 Å². The number of aromatic nitrogens is 1. The monoisotopic (exact) mass is 287 g/mol. The SMILES string of the molecule is O=CN1CCCC[C@@H]1c1ccc(N2CCCCCC2)nc1. The number of piperidine rings is 1. The van der Waals surface area contributed by atoms with Gasteiger partial charge in [0.15, 0.2) is 0 Å². The van der Waals surface area contributed by atoms with E-state index in [0.29, 0.717) is 0 Å². The molecule has 2 aliphatic heterocycles. The molecule has 4 nitrogen and oxygen atoms in total. The van der Waals surface area contributed by atoms with E-state index in [1.54, 1.807) is 0 Å². The number of amides is 1. The van der Waals surface area contributed by atoms with Crippen molar-refractivity contribution < 1.29 is 4.79 Å². The van der Waals surface area contributed by atoms with Crippen molar-refractivity contribution in [1.82, 2.24) is 9.88 Å².